The van der Waals surface area contributed by atoms with Crippen molar-refractivity contribution in [3.05, 3.63) is 35.9 Å². The Morgan fingerprint density at radius 3 is 1.65 bits per heavy atom. The van der Waals surface area contributed by atoms with Crippen molar-refractivity contribution in [1.82, 2.24) is 53.2 Å². The van der Waals surface area contributed by atoms with Crippen LogP contribution in [0.15, 0.2) is 35.3 Å². The number of benzene rings is 1. The quantitative estimate of drug-likeness (QED) is 0.0337. The van der Waals surface area contributed by atoms with Crippen molar-refractivity contribution in [3.8, 4) is 0 Å². The Balaban J connectivity index is 0.00000314. The van der Waals surface area contributed by atoms with Crippen LogP contribution in [0.1, 0.15) is 38.2 Å². The van der Waals surface area contributed by atoms with Crippen molar-refractivity contribution >= 4 is 132 Å². The molecule has 3 rings (SSSR count). The second-order valence-electron chi connectivity index (χ2n) is 17.4. The number of rotatable bonds is 15. The van der Waals surface area contributed by atoms with Gasteiger partial charge in [0.2, 0.25) is 59.1 Å². The van der Waals surface area contributed by atoms with E-state index < -0.39 is 181 Å². The summed E-state index contributed by atoms with van der Waals surface area (Å²) in [6.45, 7) is -0.530. The average molecular weight is 1260 g/mol. The smallest absolute Gasteiger partial charge is 0.481 e. The molecule has 20 N–H and O–H groups in total. The third kappa shape index (κ3) is 28.2. The fourth-order valence-corrected chi connectivity index (χ4v) is 11.2. The molecule has 0 aliphatic carbocycles. The van der Waals surface area contributed by atoms with Gasteiger partial charge < -0.3 is 90.8 Å². The van der Waals surface area contributed by atoms with Gasteiger partial charge in [0.25, 0.3) is 0 Å². The zero-order valence-corrected chi connectivity index (χ0v) is 46.8. The van der Waals surface area contributed by atoms with Crippen molar-refractivity contribution in [1.29, 1.82) is 0 Å². The third-order valence-electron chi connectivity index (χ3n) is 10.7. The summed E-state index contributed by atoms with van der Waals surface area (Å²) in [5.41, 5.74) is 17.1. The third-order valence-corrected chi connectivity index (χ3v) is 15.5. The number of nitrogens with zero attached hydrogens (tertiary/aromatic N) is 1. The lowest BCUT2D eigenvalue weighted by atomic mass is 10.0. The Hall–Kier alpha value is -7.78. The van der Waals surface area contributed by atoms with E-state index in [1.54, 1.807) is 30.3 Å². The van der Waals surface area contributed by atoms with Crippen molar-refractivity contribution in [3.63, 3.8) is 0 Å². The summed E-state index contributed by atoms with van der Waals surface area (Å²) < 4.78 is 31.7. The maximum atomic E-state index is 14.4. The molecule has 2 aliphatic rings. The zero-order valence-electron chi connectivity index (χ0n) is 43.5. The first-order chi connectivity index (χ1) is 38.9. The van der Waals surface area contributed by atoms with E-state index in [1.165, 1.54) is 6.92 Å². The SMILES string of the molecule is C[C@H](N)C(=O)N[C@H]1CSSC[C@@H](C(=O)NCC(=O)O)NC(=O)[C@H](Cc2ccccc2)NC(=O)[C@@H]2CSSC[C@H](NC(=O)[C@H](CC(=O)O)NC1=O)C(=O)N[C@@H](CCCN=C(N)N)C(=O)NCC(=O)N[C@@H](CC(=O)O)C(=O)N2.O=C(O)C(F)(F)F. The van der Waals surface area contributed by atoms with Gasteiger partial charge in [-0.15, -0.1) is 0 Å². The molecule has 0 saturated carbocycles. The Kier molecular flexibility index (Phi) is 30.9. The highest BCUT2D eigenvalue weighted by molar-refractivity contribution is 8.77. The van der Waals surface area contributed by atoms with Crippen LogP contribution in [-0.2, 0) is 73.5 Å². The second kappa shape index (κ2) is 35.9. The molecule has 39 heteroatoms. The highest BCUT2D eigenvalue weighted by Gasteiger charge is 2.39. The predicted octanol–water partition coefficient (Wildman–Crippen LogP) is -5.80. The molecule has 9 atom stereocenters. The molecule has 0 radical (unpaired) electrons. The minimum Gasteiger partial charge on any atom is -0.481 e. The molecule has 0 unspecified atom stereocenters. The first-order valence-corrected chi connectivity index (χ1v) is 29.1. The molecule has 0 aromatic heterocycles. The van der Waals surface area contributed by atoms with Crippen LogP contribution in [0, 0.1) is 0 Å². The van der Waals surface area contributed by atoms with Crippen LogP contribution in [0.3, 0.4) is 0 Å². The number of nitrogens with one attached hydrogen (secondary N) is 10. The Morgan fingerprint density at radius 1 is 0.651 bits per heavy atom. The Labute approximate surface area is 484 Å². The van der Waals surface area contributed by atoms with Crippen LogP contribution in [0.25, 0.3) is 0 Å². The molecule has 2 bridgehead atoms. The molecule has 32 nitrogen and oxygen atoms in total. The zero-order chi connectivity index (χ0) is 62.6. The number of amides is 10. The van der Waals surface area contributed by atoms with Gasteiger partial charge in [-0.25, -0.2) is 4.79 Å². The van der Waals surface area contributed by atoms with Gasteiger partial charge in [-0.3, -0.25) is 67.3 Å². The lowest BCUT2D eigenvalue weighted by molar-refractivity contribution is -0.192. The molecular weight excluding hydrogens is 1200 g/mol. The first-order valence-electron chi connectivity index (χ1n) is 24.1. The van der Waals surface area contributed by atoms with Crippen molar-refractivity contribution in [2.45, 2.75) is 99.6 Å². The summed E-state index contributed by atoms with van der Waals surface area (Å²) in [5.74, 6) is -19.9. The molecule has 2 aliphatic heterocycles. The number of aliphatic imine (C=N–C) groups is 1. The van der Waals surface area contributed by atoms with Gasteiger partial charge in [0.1, 0.15) is 54.9 Å². The van der Waals surface area contributed by atoms with Gasteiger partial charge in [0, 0.05) is 36.0 Å². The van der Waals surface area contributed by atoms with Gasteiger partial charge in [-0.2, -0.15) is 13.2 Å². The molecule has 10 amide bonds. The fourth-order valence-electron chi connectivity index (χ4n) is 6.55. The van der Waals surface area contributed by atoms with E-state index in [4.69, 9.17) is 27.1 Å². The van der Waals surface area contributed by atoms with Crippen LogP contribution in [0.4, 0.5) is 13.2 Å². The number of carboxylic acids is 4. The van der Waals surface area contributed by atoms with Gasteiger partial charge in [-0.1, -0.05) is 73.5 Å². The summed E-state index contributed by atoms with van der Waals surface area (Å²) in [5, 5.41) is 59.5. The van der Waals surface area contributed by atoms with Crippen LogP contribution >= 0.6 is 43.2 Å². The summed E-state index contributed by atoms with van der Waals surface area (Å²) in [4.78, 5) is 186. The number of hydrogen-bond donors (Lipinski definition) is 17. The van der Waals surface area contributed by atoms with E-state index >= 15 is 0 Å². The van der Waals surface area contributed by atoms with E-state index in [1.807, 2.05) is 0 Å². The standard InChI is InChI=1S/C42H60N14O16S4.C2HF3O2/c1-19(43)33(64)53-26-16-74-73-15-25(35(66)48-14-32(62)63)54-36(67)22(10-20-6-3-2-4-7-20)51-41(72)28-18-76-75-17-27(56-38(69)24(12-31(60)61)52-40(26)71)39(70)50-21(8-5-9-46-42(44)45)34(65)47-13-29(57)49-23(11-30(58)59)37(68)55-28;3-2(4,5)1(6)7/h2-4,6-7,19,21-28H,5,8-18,43H2,1H3,(H,47,65)(H,48,66)(H,49,57)(H,50,70)(H,51,72)(H,52,71)(H,53,64)(H,54,67)(H,55,68)(H,56,69)(H,58,59)(H,60,61)(H,62,63)(H4,44,45,46);(H,6,7)/t19-,21-,22-,23-,24-,25-,26-,27-,28-;/m0./s1. The van der Waals surface area contributed by atoms with Crippen LogP contribution < -0.4 is 70.4 Å². The lowest BCUT2D eigenvalue weighted by Crippen LogP contribution is -2.60. The highest BCUT2D eigenvalue weighted by Crippen LogP contribution is 2.25. The number of guanidine groups is 1. The van der Waals surface area contributed by atoms with Crippen molar-refractivity contribution in [2.24, 2.45) is 22.2 Å². The number of aliphatic carboxylic acids is 4. The number of hydrogen-bond acceptors (Lipinski definition) is 20. The molecule has 0 spiro atoms. The molecule has 2 saturated heterocycles. The minimum atomic E-state index is -5.08. The van der Waals surface area contributed by atoms with Gasteiger partial charge >= 0.3 is 30.1 Å². The number of nitrogens with two attached hydrogens (primary N) is 3. The first kappa shape index (κ1) is 71.3. The highest BCUT2D eigenvalue weighted by atomic mass is 33.1. The molecular formula is C44H61F3N14O18S4. The monoisotopic (exact) mass is 1260 g/mol. The molecule has 1 aromatic carbocycles. The van der Waals surface area contributed by atoms with Gasteiger partial charge in [-0.05, 0) is 25.3 Å². The number of carbonyl (C=O) groups is 14. The predicted molar refractivity (Wildman–Crippen MR) is 291 cm³/mol. The summed E-state index contributed by atoms with van der Waals surface area (Å²) in [6.07, 6.45) is -7.59. The Bertz CT molecular complexity index is 2560. The molecule has 2 fully saturated rings. The van der Waals surface area contributed by atoms with Crippen LogP contribution in [0.2, 0.25) is 0 Å². The number of alkyl halides is 3. The summed E-state index contributed by atoms with van der Waals surface area (Å²) in [7, 11) is 3.24. The summed E-state index contributed by atoms with van der Waals surface area (Å²) >= 11 is 0. The van der Waals surface area contributed by atoms with Gasteiger partial charge in [0.15, 0.2) is 5.96 Å². The Morgan fingerprint density at radius 2 is 1.14 bits per heavy atom. The normalized spacial score (nSPS) is 23.4. The van der Waals surface area contributed by atoms with Gasteiger partial charge in [0.05, 0.1) is 25.4 Å². The maximum absolute atomic E-state index is 14.4. The van der Waals surface area contributed by atoms with E-state index in [0.29, 0.717) is 5.56 Å². The van der Waals surface area contributed by atoms with E-state index in [-0.39, 0.29) is 43.3 Å². The van der Waals surface area contributed by atoms with Crippen molar-refractivity contribution < 1.29 is 101 Å². The topological polar surface area (TPSA) is 531 Å². The van der Waals surface area contributed by atoms with E-state index in [0.717, 1.165) is 43.2 Å². The number of carbonyl (C=O) groups excluding carboxylic acids is 10. The molecule has 460 valence electrons. The van der Waals surface area contributed by atoms with Crippen LogP contribution in [-0.4, -0.2) is 213 Å². The number of carboxylic acid groups (broad SMARTS) is 4. The largest absolute Gasteiger partial charge is 0.490 e. The summed E-state index contributed by atoms with van der Waals surface area (Å²) in [6, 6.07) is -6.42. The lowest BCUT2D eigenvalue weighted by Gasteiger charge is -2.27. The maximum Gasteiger partial charge on any atom is 0.490 e. The molecule has 2 heterocycles. The second-order valence-corrected chi connectivity index (χ2v) is 22.5. The van der Waals surface area contributed by atoms with E-state index in [9.17, 15) is 90.8 Å². The average Bonchev–Trinajstić information content (AvgIpc) is 3.52. The molecule has 83 heavy (non-hydrogen) atoms. The van der Waals surface area contributed by atoms with Crippen molar-refractivity contribution in [2.75, 3.05) is 42.6 Å². The number of fused-ring (bicyclic) bond motifs is 5. The fraction of sp³-hybridized carbons (Fsp3) is 0.523. The molecule has 1 aromatic rings. The number of halogens is 3. The van der Waals surface area contributed by atoms with Crippen LogP contribution in [0.5, 0.6) is 0 Å². The van der Waals surface area contributed by atoms with E-state index in [2.05, 4.69) is 58.2 Å². The minimum absolute atomic E-state index is 0.0425.